The summed E-state index contributed by atoms with van der Waals surface area (Å²) in [7, 11) is 0. The van der Waals surface area contributed by atoms with Crippen LogP contribution in [0.3, 0.4) is 0 Å². The van der Waals surface area contributed by atoms with Crippen LogP contribution in [0.15, 0.2) is 22.7 Å². The number of piperazine rings is 1. The molecule has 1 aromatic rings. The van der Waals surface area contributed by atoms with Crippen LogP contribution in [-0.2, 0) is 4.79 Å². The third-order valence-corrected chi connectivity index (χ3v) is 4.81. The molecule has 0 aliphatic carbocycles. The number of carbonyl (C=O) groups is 1. The Morgan fingerprint density at radius 1 is 1.48 bits per heavy atom. The van der Waals surface area contributed by atoms with Crippen molar-refractivity contribution < 1.29 is 4.79 Å². The summed E-state index contributed by atoms with van der Waals surface area (Å²) in [5, 5.41) is 6.35. The second kappa shape index (κ2) is 6.36. The average molecular weight is 354 g/mol. The zero-order chi connectivity index (χ0) is 15.6. The Balaban J connectivity index is 2.29. The Morgan fingerprint density at radius 2 is 2.19 bits per heavy atom. The van der Waals surface area contributed by atoms with Crippen LogP contribution in [0.4, 0.5) is 5.69 Å². The molecule has 1 fully saturated rings. The number of rotatable bonds is 4. The lowest BCUT2D eigenvalue weighted by atomic mass is 9.97. The van der Waals surface area contributed by atoms with E-state index in [4.69, 9.17) is 0 Å². The molecule has 116 valence electrons. The summed E-state index contributed by atoms with van der Waals surface area (Å²) in [4.78, 5) is 14.2. The molecule has 2 N–H and O–H groups in total. The van der Waals surface area contributed by atoms with Crippen molar-refractivity contribution in [2.24, 2.45) is 0 Å². The van der Waals surface area contributed by atoms with E-state index >= 15 is 0 Å². The summed E-state index contributed by atoms with van der Waals surface area (Å²) in [5.41, 5.74) is 1.79. The molecule has 21 heavy (non-hydrogen) atoms. The fraction of sp³-hybridized carbons (Fsp3) is 0.562. The predicted octanol–water partition coefficient (Wildman–Crippen LogP) is 2.83. The van der Waals surface area contributed by atoms with Crippen LogP contribution in [0.1, 0.15) is 39.3 Å². The number of anilines is 1. The van der Waals surface area contributed by atoms with Crippen LogP contribution < -0.4 is 15.5 Å². The van der Waals surface area contributed by atoms with E-state index in [0.29, 0.717) is 12.6 Å². The topological polar surface area (TPSA) is 44.4 Å². The molecule has 0 radical (unpaired) electrons. The summed E-state index contributed by atoms with van der Waals surface area (Å²) < 4.78 is 1.08. The lowest BCUT2D eigenvalue weighted by Gasteiger charge is -2.43. The molecular weight excluding hydrogens is 330 g/mol. The van der Waals surface area contributed by atoms with Gasteiger partial charge in [0.15, 0.2) is 0 Å². The summed E-state index contributed by atoms with van der Waals surface area (Å²) in [5.74, 6) is 0.0787. The van der Waals surface area contributed by atoms with E-state index < -0.39 is 5.54 Å². The highest BCUT2D eigenvalue weighted by atomic mass is 79.9. The number of hydrogen-bond donors (Lipinski definition) is 2. The van der Waals surface area contributed by atoms with E-state index in [0.717, 1.165) is 23.2 Å². The van der Waals surface area contributed by atoms with Crippen LogP contribution in [0, 0.1) is 0 Å². The molecule has 0 aromatic heterocycles. The highest BCUT2D eigenvalue weighted by Gasteiger charge is 2.37. The van der Waals surface area contributed by atoms with Crippen molar-refractivity contribution in [1.29, 1.82) is 0 Å². The normalized spacial score (nSPS) is 19.3. The highest BCUT2D eigenvalue weighted by molar-refractivity contribution is 9.10. The molecule has 1 aliphatic heterocycles. The Labute approximate surface area is 135 Å². The fourth-order valence-corrected chi connectivity index (χ4v) is 3.51. The monoisotopic (exact) mass is 353 g/mol. The van der Waals surface area contributed by atoms with Crippen molar-refractivity contribution in [2.45, 2.75) is 39.3 Å². The number of hydrogen-bond acceptors (Lipinski definition) is 3. The minimum absolute atomic E-state index is 0.0787. The van der Waals surface area contributed by atoms with Crippen molar-refractivity contribution in [3.8, 4) is 0 Å². The maximum absolute atomic E-state index is 12.1. The quantitative estimate of drug-likeness (QED) is 0.874. The van der Waals surface area contributed by atoms with E-state index in [1.54, 1.807) is 0 Å². The molecule has 1 amide bonds. The number of amides is 1. The second-order valence-corrected chi connectivity index (χ2v) is 6.81. The van der Waals surface area contributed by atoms with Gasteiger partial charge in [0, 0.05) is 29.3 Å². The Morgan fingerprint density at radius 3 is 2.81 bits per heavy atom. The number of benzene rings is 1. The first-order valence-corrected chi connectivity index (χ1v) is 8.26. The molecule has 1 unspecified atom stereocenters. The third kappa shape index (κ3) is 3.24. The standard InChI is InChI=1S/C16H24BrN3O/c1-5-18-11(2)13-7-6-12(10-14(13)17)20-9-8-19-15(21)16(20,3)4/h6-7,10-11,18H,5,8-9H2,1-4H3,(H,19,21). The van der Waals surface area contributed by atoms with Gasteiger partial charge in [-0.3, -0.25) is 4.79 Å². The maximum Gasteiger partial charge on any atom is 0.245 e. The number of carbonyl (C=O) groups excluding carboxylic acids is 1. The number of nitrogens with zero attached hydrogens (tertiary/aromatic N) is 1. The van der Waals surface area contributed by atoms with Crippen molar-refractivity contribution in [3.05, 3.63) is 28.2 Å². The average Bonchev–Trinajstić information content (AvgIpc) is 2.42. The summed E-state index contributed by atoms with van der Waals surface area (Å²) >= 11 is 3.67. The van der Waals surface area contributed by atoms with Gasteiger partial charge in [-0.2, -0.15) is 0 Å². The van der Waals surface area contributed by atoms with E-state index in [1.165, 1.54) is 5.56 Å². The van der Waals surface area contributed by atoms with Gasteiger partial charge in [-0.05, 0) is 45.0 Å². The van der Waals surface area contributed by atoms with Gasteiger partial charge in [-0.15, -0.1) is 0 Å². The molecule has 1 heterocycles. The van der Waals surface area contributed by atoms with Gasteiger partial charge in [0.2, 0.25) is 5.91 Å². The lowest BCUT2D eigenvalue weighted by molar-refractivity contribution is -0.126. The molecule has 1 aliphatic rings. The number of halogens is 1. The van der Waals surface area contributed by atoms with Gasteiger partial charge in [0.1, 0.15) is 5.54 Å². The Kier molecular flexibility index (Phi) is 4.94. The summed E-state index contributed by atoms with van der Waals surface area (Å²) in [6.45, 7) is 10.6. The molecule has 0 saturated carbocycles. The molecular formula is C16H24BrN3O. The first kappa shape index (κ1) is 16.3. The molecule has 0 spiro atoms. The zero-order valence-electron chi connectivity index (χ0n) is 13.2. The second-order valence-electron chi connectivity index (χ2n) is 5.95. The SMILES string of the molecule is CCNC(C)c1ccc(N2CCNC(=O)C2(C)C)cc1Br. The molecule has 2 rings (SSSR count). The lowest BCUT2D eigenvalue weighted by Crippen LogP contribution is -2.62. The first-order valence-electron chi connectivity index (χ1n) is 7.46. The predicted molar refractivity (Wildman–Crippen MR) is 90.7 cm³/mol. The van der Waals surface area contributed by atoms with Gasteiger partial charge in [0.05, 0.1) is 0 Å². The van der Waals surface area contributed by atoms with Crippen molar-refractivity contribution >= 4 is 27.5 Å². The van der Waals surface area contributed by atoms with Crippen molar-refractivity contribution in [3.63, 3.8) is 0 Å². The first-order chi connectivity index (χ1) is 9.87. The molecule has 1 atom stereocenters. The van der Waals surface area contributed by atoms with Gasteiger partial charge in [0.25, 0.3) is 0 Å². The maximum atomic E-state index is 12.1. The summed E-state index contributed by atoms with van der Waals surface area (Å²) in [6.07, 6.45) is 0. The molecule has 0 bridgehead atoms. The van der Waals surface area contributed by atoms with E-state index in [-0.39, 0.29) is 5.91 Å². The highest BCUT2D eigenvalue weighted by Crippen LogP contribution is 2.32. The largest absolute Gasteiger partial charge is 0.356 e. The van der Waals surface area contributed by atoms with Crippen LogP contribution >= 0.6 is 15.9 Å². The van der Waals surface area contributed by atoms with Gasteiger partial charge < -0.3 is 15.5 Å². The van der Waals surface area contributed by atoms with Crippen LogP contribution in [0.25, 0.3) is 0 Å². The van der Waals surface area contributed by atoms with Gasteiger partial charge in [-0.25, -0.2) is 0 Å². The minimum Gasteiger partial charge on any atom is -0.356 e. The fourth-order valence-electron chi connectivity index (χ4n) is 2.80. The van der Waals surface area contributed by atoms with Gasteiger partial charge >= 0.3 is 0 Å². The van der Waals surface area contributed by atoms with Crippen LogP contribution in [-0.4, -0.2) is 31.1 Å². The van der Waals surface area contributed by atoms with Crippen molar-refractivity contribution in [1.82, 2.24) is 10.6 Å². The smallest absolute Gasteiger partial charge is 0.245 e. The zero-order valence-corrected chi connectivity index (χ0v) is 14.8. The summed E-state index contributed by atoms with van der Waals surface area (Å²) in [6, 6.07) is 6.66. The molecule has 5 heteroatoms. The van der Waals surface area contributed by atoms with Crippen molar-refractivity contribution in [2.75, 3.05) is 24.5 Å². The van der Waals surface area contributed by atoms with E-state index in [2.05, 4.69) is 63.5 Å². The minimum atomic E-state index is -0.521. The van der Waals surface area contributed by atoms with E-state index in [9.17, 15) is 4.79 Å². The molecule has 4 nitrogen and oxygen atoms in total. The molecule has 1 aromatic carbocycles. The van der Waals surface area contributed by atoms with Gasteiger partial charge in [-0.1, -0.05) is 28.9 Å². The van der Waals surface area contributed by atoms with E-state index in [1.807, 2.05) is 13.8 Å². The number of nitrogens with one attached hydrogen (secondary N) is 2. The van der Waals surface area contributed by atoms with Crippen LogP contribution in [0.2, 0.25) is 0 Å². The third-order valence-electron chi connectivity index (χ3n) is 4.12. The Hall–Kier alpha value is -1.07. The van der Waals surface area contributed by atoms with Crippen LogP contribution in [0.5, 0.6) is 0 Å². The molecule has 1 saturated heterocycles. The Bertz CT molecular complexity index is 530.